The normalized spacial score (nSPS) is 12.5. The maximum absolute atomic E-state index is 12.8. The number of para-hydroxylation sites is 1. The van der Waals surface area contributed by atoms with Crippen LogP contribution in [0.3, 0.4) is 0 Å². The molecule has 160 valence electrons. The van der Waals surface area contributed by atoms with Gasteiger partial charge in [0.15, 0.2) is 6.61 Å². The van der Waals surface area contributed by atoms with Gasteiger partial charge in [0.05, 0.1) is 11.0 Å². The Bertz CT molecular complexity index is 863. The summed E-state index contributed by atoms with van der Waals surface area (Å²) in [5.41, 5.74) is 0.568. The zero-order valence-electron chi connectivity index (χ0n) is 16.9. The summed E-state index contributed by atoms with van der Waals surface area (Å²) in [5.74, 6) is 0.500. The van der Waals surface area contributed by atoms with Gasteiger partial charge in [0.2, 0.25) is 5.91 Å². The zero-order chi connectivity index (χ0) is 21.9. The van der Waals surface area contributed by atoms with Crippen molar-refractivity contribution in [2.75, 3.05) is 18.6 Å². The molecule has 0 saturated carbocycles. The fraction of sp³-hybridized carbons (Fsp3) is 0.333. The third-order valence-corrected chi connectivity index (χ3v) is 4.96. The van der Waals surface area contributed by atoms with E-state index in [1.165, 1.54) is 12.1 Å². The van der Waals surface area contributed by atoms with E-state index in [4.69, 9.17) is 4.74 Å². The maximum atomic E-state index is 12.8. The number of nitro groups is 1. The Morgan fingerprint density at radius 3 is 2.53 bits per heavy atom. The number of nitrogens with zero attached hydrogens (tertiary/aromatic N) is 1. The summed E-state index contributed by atoms with van der Waals surface area (Å²) in [6.07, 6.45) is 2.37. The first-order valence-corrected chi connectivity index (χ1v) is 10.8. The average Bonchev–Trinajstić information content (AvgIpc) is 2.75. The highest BCUT2D eigenvalue weighted by atomic mass is 32.2. The van der Waals surface area contributed by atoms with E-state index in [1.54, 1.807) is 55.1 Å². The minimum absolute atomic E-state index is 0.0427. The van der Waals surface area contributed by atoms with E-state index in [9.17, 15) is 19.7 Å². The van der Waals surface area contributed by atoms with Crippen LogP contribution in [0.25, 0.3) is 0 Å². The minimum atomic E-state index is -0.731. The summed E-state index contributed by atoms with van der Waals surface area (Å²) in [4.78, 5) is 35.5. The van der Waals surface area contributed by atoms with Crippen molar-refractivity contribution in [1.29, 1.82) is 0 Å². The van der Waals surface area contributed by atoms with Gasteiger partial charge in [0.1, 0.15) is 11.8 Å². The number of amides is 2. The lowest BCUT2D eigenvalue weighted by Gasteiger charge is -2.21. The standard InChI is InChI=1S/C21H25N3O5S/c1-15(16-7-6-8-17(13-16)24(27)28)22-21(26)19(11-12-30-2)23-20(25)14-29-18-9-4-3-5-10-18/h3-10,13,15,19H,11-12,14H2,1-2H3,(H,22,26)(H,23,25). The summed E-state index contributed by atoms with van der Waals surface area (Å²) in [6.45, 7) is 1.54. The van der Waals surface area contributed by atoms with Gasteiger partial charge in [0.25, 0.3) is 11.6 Å². The number of non-ortho nitro benzene ring substituents is 1. The van der Waals surface area contributed by atoms with Crippen LogP contribution in [-0.4, -0.2) is 41.4 Å². The van der Waals surface area contributed by atoms with Crippen molar-refractivity contribution in [2.45, 2.75) is 25.4 Å². The van der Waals surface area contributed by atoms with Crippen molar-refractivity contribution in [1.82, 2.24) is 10.6 Å². The molecule has 2 N–H and O–H groups in total. The first-order valence-electron chi connectivity index (χ1n) is 9.41. The Balaban J connectivity index is 1.97. The molecule has 0 aromatic heterocycles. The van der Waals surface area contributed by atoms with Crippen LogP contribution in [0, 0.1) is 10.1 Å². The number of carbonyl (C=O) groups excluding carboxylic acids is 2. The van der Waals surface area contributed by atoms with E-state index >= 15 is 0 Å². The lowest BCUT2D eigenvalue weighted by atomic mass is 10.1. The van der Waals surface area contributed by atoms with E-state index < -0.39 is 22.9 Å². The van der Waals surface area contributed by atoms with Crippen LogP contribution < -0.4 is 15.4 Å². The Hall–Kier alpha value is -3.07. The molecule has 0 radical (unpaired) electrons. The molecule has 2 amide bonds. The fourth-order valence-electron chi connectivity index (χ4n) is 2.71. The molecule has 0 saturated heterocycles. The summed E-state index contributed by atoms with van der Waals surface area (Å²) < 4.78 is 5.43. The Morgan fingerprint density at radius 1 is 1.13 bits per heavy atom. The maximum Gasteiger partial charge on any atom is 0.269 e. The molecule has 0 aliphatic rings. The molecule has 0 heterocycles. The molecule has 2 atom stereocenters. The molecule has 30 heavy (non-hydrogen) atoms. The molecule has 9 heteroatoms. The van der Waals surface area contributed by atoms with Gasteiger partial charge in [-0.15, -0.1) is 0 Å². The number of nitrogens with one attached hydrogen (secondary N) is 2. The van der Waals surface area contributed by atoms with Crippen molar-refractivity contribution in [2.24, 2.45) is 0 Å². The number of benzene rings is 2. The second-order valence-corrected chi connectivity index (χ2v) is 7.57. The Morgan fingerprint density at radius 2 is 1.87 bits per heavy atom. The van der Waals surface area contributed by atoms with Gasteiger partial charge in [-0.2, -0.15) is 11.8 Å². The molecule has 0 fully saturated rings. The van der Waals surface area contributed by atoms with Gasteiger partial charge in [-0.3, -0.25) is 19.7 Å². The van der Waals surface area contributed by atoms with Crippen LogP contribution in [0.1, 0.15) is 24.9 Å². The monoisotopic (exact) mass is 431 g/mol. The molecule has 0 bridgehead atoms. The Kier molecular flexibility index (Phi) is 9.14. The Labute approximate surface area is 179 Å². The van der Waals surface area contributed by atoms with E-state index in [0.717, 1.165) is 0 Å². The molecule has 2 aromatic carbocycles. The van der Waals surface area contributed by atoms with E-state index in [-0.39, 0.29) is 18.2 Å². The zero-order valence-corrected chi connectivity index (χ0v) is 17.7. The lowest BCUT2D eigenvalue weighted by Crippen LogP contribution is -2.48. The summed E-state index contributed by atoms with van der Waals surface area (Å²) in [5, 5.41) is 16.5. The second-order valence-electron chi connectivity index (χ2n) is 6.59. The van der Waals surface area contributed by atoms with Crippen molar-refractivity contribution in [3.63, 3.8) is 0 Å². The highest BCUT2D eigenvalue weighted by Crippen LogP contribution is 2.19. The topological polar surface area (TPSA) is 111 Å². The molecule has 2 aromatic rings. The van der Waals surface area contributed by atoms with Gasteiger partial charge in [0, 0.05) is 12.1 Å². The third-order valence-electron chi connectivity index (χ3n) is 4.32. The number of ether oxygens (including phenoxy) is 1. The largest absolute Gasteiger partial charge is 0.484 e. The van der Waals surface area contributed by atoms with Crippen molar-refractivity contribution in [3.8, 4) is 5.75 Å². The number of nitro benzene ring substituents is 1. The second kappa shape index (κ2) is 11.8. The lowest BCUT2D eigenvalue weighted by molar-refractivity contribution is -0.384. The number of carbonyl (C=O) groups is 2. The first-order chi connectivity index (χ1) is 14.4. The molecule has 2 unspecified atom stereocenters. The van der Waals surface area contributed by atoms with Gasteiger partial charge < -0.3 is 15.4 Å². The molecule has 0 aliphatic heterocycles. The predicted octanol–water partition coefficient (Wildman–Crippen LogP) is 3.09. The average molecular weight is 432 g/mol. The molecule has 8 nitrogen and oxygen atoms in total. The first kappa shape index (κ1) is 23.2. The quantitative estimate of drug-likeness (QED) is 0.418. The van der Waals surface area contributed by atoms with Gasteiger partial charge in [-0.05, 0) is 43.0 Å². The van der Waals surface area contributed by atoms with Crippen LogP contribution >= 0.6 is 11.8 Å². The fourth-order valence-corrected chi connectivity index (χ4v) is 3.18. The van der Waals surface area contributed by atoms with E-state index in [0.29, 0.717) is 23.5 Å². The summed E-state index contributed by atoms with van der Waals surface area (Å²) in [6, 6.07) is 13.9. The van der Waals surface area contributed by atoms with Crippen LogP contribution in [-0.2, 0) is 9.59 Å². The van der Waals surface area contributed by atoms with E-state index in [1.807, 2.05) is 12.3 Å². The van der Waals surface area contributed by atoms with Crippen LogP contribution in [0.15, 0.2) is 54.6 Å². The summed E-state index contributed by atoms with van der Waals surface area (Å²) >= 11 is 1.57. The van der Waals surface area contributed by atoms with Crippen LogP contribution in [0.5, 0.6) is 5.75 Å². The number of hydrogen-bond donors (Lipinski definition) is 2. The van der Waals surface area contributed by atoms with Gasteiger partial charge in [-0.1, -0.05) is 30.3 Å². The molecular formula is C21H25N3O5S. The minimum Gasteiger partial charge on any atom is -0.484 e. The highest BCUT2D eigenvalue weighted by molar-refractivity contribution is 7.98. The van der Waals surface area contributed by atoms with Gasteiger partial charge >= 0.3 is 0 Å². The number of thioether (sulfide) groups is 1. The number of hydrogen-bond acceptors (Lipinski definition) is 6. The van der Waals surface area contributed by atoms with Crippen LogP contribution in [0.2, 0.25) is 0 Å². The van der Waals surface area contributed by atoms with Gasteiger partial charge in [-0.25, -0.2) is 0 Å². The van der Waals surface area contributed by atoms with Crippen molar-refractivity contribution >= 4 is 29.3 Å². The third kappa shape index (κ3) is 7.40. The smallest absolute Gasteiger partial charge is 0.269 e. The molecular weight excluding hydrogens is 406 g/mol. The van der Waals surface area contributed by atoms with Crippen molar-refractivity contribution < 1.29 is 19.2 Å². The van der Waals surface area contributed by atoms with Crippen LogP contribution in [0.4, 0.5) is 5.69 Å². The van der Waals surface area contributed by atoms with Crippen molar-refractivity contribution in [3.05, 3.63) is 70.3 Å². The number of rotatable bonds is 11. The SMILES string of the molecule is CSCCC(NC(=O)COc1ccccc1)C(=O)NC(C)c1cccc([N+](=O)[O-])c1. The highest BCUT2D eigenvalue weighted by Gasteiger charge is 2.23. The summed E-state index contributed by atoms with van der Waals surface area (Å²) in [7, 11) is 0. The van der Waals surface area contributed by atoms with E-state index in [2.05, 4.69) is 10.6 Å². The predicted molar refractivity (Wildman–Crippen MR) is 117 cm³/mol. The molecule has 0 aliphatic carbocycles. The molecule has 2 rings (SSSR count). The molecule has 0 spiro atoms.